The summed E-state index contributed by atoms with van der Waals surface area (Å²) in [5, 5.41) is 2.82. The number of hydrogen-bond acceptors (Lipinski definition) is 9. The normalized spacial score (nSPS) is 13.9. The fraction of sp³-hybridized carbons (Fsp3) is 0.333. The maximum atomic E-state index is 14.8. The van der Waals surface area contributed by atoms with Gasteiger partial charge in [-0.1, -0.05) is 12.1 Å². The number of carbonyl (C=O) groups excluding carboxylic acids is 2. The number of rotatable bonds is 11. The second-order valence-corrected chi connectivity index (χ2v) is 12.2. The number of anilines is 4. The molecule has 258 valence electrons. The highest BCUT2D eigenvalue weighted by molar-refractivity contribution is 6.05. The van der Waals surface area contributed by atoms with Crippen LogP contribution in [0.15, 0.2) is 66.9 Å². The summed E-state index contributed by atoms with van der Waals surface area (Å²) in [6, 6.07) is 16.2. The molecule has 0 radical (unpaired) electrons. The number of piperazine rings is 1. The summed E-state index contributed by atoms with van der Waals surface area (Å²) >= 11 is 0. The van der Waals surface area contributed by atoms with E-state index in [2.05, 4.69) is 25.1 Å². The molecule has 2 amide bonds. The van der Waals surface area contributed by atoms with Gasteiger partial charge in [0.25, 0.3) is 11.8 Å². The van der Waals surface area contributed by atoms with Crippen molar-refractivity contribution in [3.05, 3.63) is 94.7 Å². The van der Waals surface area contributed by atoms with Crippen LogP contribution in [0.2, 0.25) is 0 Å². The summed E-state index contributed by atoms with van der Waals surface area (Å²) in [7, 11) is 5.05. The average molecular weight is 674 g/mol. The first-order valence-corrected chi connectivity index (χ1v) is 15.8. The molecule has 0 atom stereocenters. The van der Waals surface area contributed by atoms with Gasteiger partial charge in [-0.15, -0.1) is 0 Å². The predicted molar refractivity (Wildman–Crippen MR) is 185 cm³/mol. The number of aromatic nitrogens is 2. The van der Waals surface area contributed by atoms with Crippen LogP contribution in [0.5, 0.6) is 11.5 Å². The largest absolute Gasteiger partial charge is 0.497 e. The van der Waals surface area contributed by atoms with Gasteiger partial charge in [0.15, 0.2) is 0 Å². The van der Waals surface area contributed by atoms with Crippen LogP contribution in [-0.2, 0) is 23.7 Å². The van der Waals surface area contributed by atoms with Crippen LogP contribution < -0.4 is 25.4 Å². The molecular formula is C36H41F2N7O4. The van der Waals surface area contributed by atoms with Gasteiger partial charge in [-0.05, 0) is 67.1 Å². The van der Waals surface area contributed by atoms with E-state index >= 15 is 0 Å². The number of nitrogens with two attached hydrogens (primary N) is 1. The molecule has 1 aliphatic heterocycles. The van der Waals surface area contributed by atoms with Crippen molar-refractivity contribution in [1.29, 1.82) is 0 Å². The number of hydrogen-bond donors (Lipinski definition) is 2. The van der Waals surface area contributed by atoms with Gasteiger partial charge in [-0.25, -0.2) is 13.8 Å². The van der Waals surface area contributed by atoms with E-state index in [0.29, 0.717) is 40.5 Å². The van der Waals surface area contributed by atoms with Gasteiger partial charge in [-0.2, -0.15) is 4.98 Å². The van der Waals surface area contributed by atoms with Crippen molar-refractivity contribution in [1.82, 2.24) is 19.8 Å². The van der Waals surface area contributed by atoms with Gasteiger partial charge in [0, 0.05) is 74.8 Å². The molecule has 49 heavy (non-hydrogen) atoms. The van der Waals surface area contributed by atoms with E-state index in [1.54, 1.807) is 54.6 Å². The Kier molecular flexibility index (Phi) is 10.7. The van der Waals surface area contributed by atoms with Crippen LogP contribution >= 0.6 is 0 Å². The quantitative estimate of drug-likeness (QED) is 0.215. The lowest BCUT2D eigenvalue weighted by atomic mass is 9.98. The lowest BCUT2D eigenvalue weighted by molar-refractivity contribution is -0.117. The second-order valence-electron chi connectivity index (χ2n) is 12.2. The number of nitrogens with zero attached hydrogens (tertiary/aromatic N) is 5. The summed E-state index contributed by atoms with van der Waals surface area (Å²) in [5.41, 5.74) is 8.55. The average Bonchev–Trinajstić information content (AvgIpc) is 3.07. The van der Waals surface area contributed by atoms with E-state index in [-0.39, 0.29) is 35.2 Å². The molecular weight excluding hydrogens is 632 g/mol. The Morgan fingerprint density at radius 3 is 2.41 bits per heavy atom. The summed E-state index contributed by atoms with van der Waals surface area (Å²) in [6.07, 6.45) is 1.37. The van der Waals surface area contributed by atoms with Crippen molar-refractivity contribution in [2.24, 2.45) is 0 Å². The van der Waals surface area contributed by atoms with E-state index in [1.807, 2.05) is 14.0 Å². The Balaban J connectivity index is 1.39. The molecule has 0 aliphatic carbocycles. The molecule has 1 aliphatic rings. The molecule has 1 fully saturated rings. The van der Waals surface area contributed by atoms with Gasteiger partial charge in [0.1, 0.15) is 17.3 Å². The number of aryl methyl sites for hydroxylation is 1. The van der Waals surface area contributed by atoms with Crippen molar-refractivity contribution in [2.75, 3.05) is 63.4 Å². The monoisotopic (exact) mass is 673 g/mol. The van der Waals surface area contributed by atoms with Crippen LogP contribution in [-0.4, -0.2) is 79.0 Å². The molecule has 13 heteroatoms. The second kappa shape index (κ2) is 15.0. The molecule has 4 aromatic rings. The lowest BCUT2D eigenvalue weighted by Gasteiger charge is -2.33. The number of amides is 2. The van der Waals surface area contributed by atoms with E-state index in [9.17, 15) is 18.4 Å². The van der Waals surface area contributed by atoms with Gasteiger partial charge in [0.2, 0.25) is 11.9 Å². The van der Waals surface area contributed by atoms with E-state index in [1.165, 1.54) is 31.4 Å². The van der Waals surface area contributed by atoms with Gasteiger partial charge in [0.05, 0.1) is 26.3 Å². The number of nitrogens with one attached hydrogen (secondary N) is 1. The first-order chi connectivity index (χ1) is 23.4. The van der Waals surface area contributed by atoms with Crippen LogP contribution in [0.3, 0.4) is 0 Å². The molecule has 5 rings (SSSR count). The standard InChI is InChI=1S/C36H41F2N7O4/c1-23-6-9-27(41-34(47)24-7-8-25(29(19-24)36(2,37)38)22-44-16-14-43(3)15-17-44)18-26(23)20-33(46)45(32-12-13-40-35(39)42-32)30-11-10-28(48-4)21-31(30)49-5/h6-13,18-19,21H,14-17,20,22H2,1-5H3,(H,41,47)(H2,39,40,42). The zero-order valence-corrected chi connectivity index (χ0v) is 28.3. The summed E-state index contributed by atoms with van der Waals surface area (Å²) in [4.78, 5) is 41.4. The third kappa shape index (κ3) is 8.48. The fourth-order valence-electron chi connectivity index (χ4n) is 5.74. The van der Waals surface area contributed by atoms with Crippen LogP contribution in [0, 0.1) is 6.92 Å². The topological polar surface area (TPSA) is 126 Å². The molecule has 11 nitrogen and oxygen atoms in total. The Morgan fingerprint density at radius 2 is 1.73 bits per heavy atom. The maximum absolute atomic E-state index is 14.8. The van der Waals surface area contributed by atoms with E-state index < -0.39 is 11.8 Å². The minimum absolute atomic E-state index is 0.0139. The third-order valence-corrected chi connectivity index (χ3v) is 8.55. The Morgan fingerprint density at radius 1 is 0.980 bits per heavy atom. The number of methoxy groups -OCH3 is 2. The number of halogens is 2. The minimum Gasteiger partial charge on any atom is -0.497 e. The summed E-state index contributed by atoms with van der Waals surface area (Å²) in [5.74, 6) is -2.91. The maximum Gasteiger partial charge on any atom is 0.270 e. The number of nitrogen functional groups attached to an aromatic ring is 1. The Labute approximate surface area is 284 Å². The molecule has 1 aromatic heterocycles. The fourth-order valence-corrected chi connectivity index (χ4v) is 5.74. The smallest absolute Gasteiger partial charge is 0.270 e. The first kappa shape index (κ1) is 35.2. The van der Waals surface area contributed by atoms with Crippen molar-refractivity contribution < 1.29 is 27.8 Å². The first-order valence-electron chi connectivity index (χ1n) is 15.8. The number of alkyl halides is 2. The number of likely N-dealkylation sites (N-methyl/N-ethyl adjacent to an activating group) is 1. The molecule has 0 unspecified atom stereocenters. The summed E-state index contributed by atoms with van der Waals surface area (Å²) < 4.78 is 40.5. The predicted octanol–water partition coefficient (Wildman–Crippen LogP) is 5.40. The zero-order chi connectivity index (χ0) is 35.3. The Hall–Kier alpha value is -5.14. The molecule has 0 saturated carbocycles. The van der Waals surface area contributed by atoms with Crippen LogP contribution in [0.25, 0.3) is 0 Å². The van der Waals surface area contributed by atoms with Crippen molar-refractivity contribution in [3.8, 4) is 11.5 Å². The molecule has 3 aromatic carbocycles. The van der Waals surface area contributed by atoms with E-state index in [4.69, 9.17) is 15.2 Å². The number of carbonyl (C=O) groups is 2. The van der Waals surface area contributed by atoms with E-state index in [0.717, 1.165) is 38.7 Å². The van der Waals surface area contributed by atoms with Gasteiger partial charge >= 0.3 is 0 Å². The summed E-state index contributed by atoms with van der Waals surface area (Å²) in [6.45, 7) is 6.38. The van der Waals surface area contributed by atoms with Crippen molar-refractivity contribution >= 4 is 35.0 Å². The number of ether oxygens (including phenoxy) is 2. The van der Waals surface area contributed by atoms with Crippen molar-refractivity contribution in [3.63, 3.8) is 0 Å². The SMILES string of the molecule is COc1ccc(N(C(=O)Cc2cc(NC(=O)c3ccc(CN4CCN(C)CC4)c(C(C)(F)F)c3)ccc2C)c2ccnc(N)n2)c(OC)c1. The van der Waals surface area contributed by atoms with Crippen LogP contribution in [0.4, 0.5) is 31.9 Å². The number of benzene rings is 3. The molecule has 1 saturated heterocycles. The Bertz CT molecular complexity index is 1820. The highest BCUT2D eigenvalue weighted by atomic mass is 19.3. The lowest BCUT2D eigenvalue weighted by Crippen LogP contribution is -2.44. The highest BCUT2D eigenvalue weighted by Gasteiger charge is 2.30. The molecule has 0 spiro atoms. The van der Waals surface area contributed by atoms with Crippen molar-refractivity contribution in [2.45, 2.75) is 32.7 Å². The molecule has 0 bridgehead atoms. The minimum atomic E-state index is -3.14. The van der Waals surface area contributed by atoms with Crippen LogP contribution in [0.1, 0.15) is 39.5 Å². The zero-order valence-electron chi connectivity index (χ0n) is 28.3. The molecule has 2 heterocycles. The third-order valence-electron chi connectivity index (χ3n) is 8.55. The highest BCUT2D eigenvalue weighted by Crippen LogP contribution is 2.37. The van der Waals surface area contributed by atoms with Gasteiger partial charge in [-0.3, -0.25) is 19.4 Å². The van der Waals surface area contributed by atoms with Gasteiger partial charge < -0.3 is 25.4 Å². The molecule has 3 N–H and O–H groups in total.